The van der Waals surface area contributed by atoms with Gasteiger partial charge < -0.3 is 10.1 Å². The molecule has 82 valence electrons. The summed E-state index contributed by atoms with van der Waals surface area (Å²) in [4.78, 5) is 13.4. The van der Waals surface area contributed by atoms with Crippen LogP contribution in [-0.4, -0.2) is 13.1 Å². The fourth-order valence-electron chi connectivity index (χ4n) is 1.90. The van der Waals surface area contributed by atoms with Crippen molar-refractivity contribution < 1.29 is 9.53 Å². The molecule has 2 heterocycles. The van der Waals surface area contributed by atoms with Gasteiger partial charge >= 0.3 is 5.97 Å². The Hall–Kier alpha value is -0.870. The van der Waals surface area contributed by atoms with Gasteiger partial charge in [0.25, 0.3) is 0 Å². The zero-order chi connectivity index (χ0) is 11.0. The summed E-state index contributed by atoms with van der Waals surface area (Å²) in [5.41, 5.74) is 1.25. The maximum Gasteiger partial charge on any atom is 0.348 e. The Morgan fingerprint density at radius 3 is 3.00 bits per heavy atom. The van der Waals surface area contributed by atoms with E-state index >= 15 is 0 Å². The lowest BCUT2D eigenvalue weighted by molar-refractivity contribution is 0.0606. The van der Waals surface area contributed by atoms with Crippen molar-refractivity contribution in [2.45, 2.75) is 26.4 Å². The molecule has 0 radical (unpaired) electrons. The number of esters is 1. The summed E-state index contributed by atoms with van der Waals surface area (Å²) in [6.07, 6.45) is 0. The van der Waals surface area contributed by atoms with Crippen LogP contribution in [0.15, 0.2) is 6.07 Å². The SMILES string of the molecule is COC(=O)c1cc2c(s1)[C@H](C(C)C)NC2. The normalized spacial score (nSPS) is 19.3. The molecule has 0 aromatic carbocycles. The fraction of sp³-hybridized carbons (Fsp3) is 0.545. The third-order valence-corrected chi connectivity index (χ3v) is 3.93. The van der Waals surface area contributed by atoms with Crippen molar-refractivity contribution in [2.24, 2.45) is 5.92 Å². The molecule has 1 aliphatic heterocycles. The van der Waals surface area contributed by atoms with E-state index < -0.39 is 0 Å². The number of nitrogens with one attached hydrogen (secondary N) is 1. The first kappa shape index (κ1) is 10.6. The first-order chi connectivity index (χ1) is 7.13. The number of thiophene rings is 1. The number of hydrogen-bond acceptors (Lipinski definition) is 4. The Bertz CT molecular complexity index is 384. The molecule has 3 nitrogen and oxygen atoms in total. The number of fused-ring (bicyclic) bond motifs is 1. The number of methoxy groups -OCH3 is 1. The molecule has 0 saturated carbocycles. The molecule has 1 atom stereocenters. The molecule has 0 amide bonds. The minimum atomic E-state index is -0.225. The first-order valence-electron chi connectivity index (χ1n) is 5.07. The van der Waals surface area contributed by atoms with Gasteiger partial charge in [-0.15, -0.1) is 11.3 Å². The largest absolute Gasteiger partial charge is 0.465 e. The minimum absolute atomic E-state index is 0.225. The molecular weight excluding hydrogens is 210 g/mol. The van der Waals surface area contributed by atoms with Crippen molar-refractivity contribution in [1.29, 1.82) is 0 Å². The Morgan fingerprint density at radius 1 is 1.67 bits per heavy atom. The summed E-state index contributed by atoms with van der Waals surface area (Å²) in [7, 11) is 1.42. The van der Waals surface area contributed by atoms with E-state index in [0.29, 0.717) is 12.0 Å². The van der Waals surface area contributed by atoms with E-state index in [1.165, 1.54) is 17.6 Å². The highest BCUT2D eigenvalue weighted by Crippen LogP contribution is 2.37. The smallest absolute Gasteiger partial charge is 0.348 e. The molecule has 1 aliphatic rings. The van der Waals surface area contributed by atoms with Crippen LogP contribution >= 0.6 is 11.3 Å². The molecule has 0 bridgehead atoms. The predicted octanol–water partition coefficient (Wildman–Crippen LogP) is 2.34. The highest BCUT2D eigenvalue weighted by atomic mass is 32.1. The summed E-state index contributed by atoms with van der Waals surface area (Å²) in [5.74, 6) is 0.326. The Labute approximate surface area is 93.4 Å². The molecule has 1 N–H and O–H groups in total. The first-order valence-corrected chi connectivity index (χ1v) is 5.89. The van der Waals surface area contributed by atoms with Gasteiger partial charge in [-0.25, -0.2) is 4.79 Å². The maximum absolute atomic E-state index is 11.4. The van der Waals surface area contributed by atoms with Gasteiger partial charge in [-0.2, -0.15) is 0 Å². The van der Waals surface area contributed by atoms with Crippen molar-refractivity contribution in [3.05, 3.63) is 21.4 Å². The van der Waals surface area contributed by atoms with Crippen molar-refractivity contribution >= 4 is 17.3 Å². The van der Waals surface area contributed by atoms with E-state index in [1.807, 2.05) is 6.07 Å². The average molecular weight is 225 g/mol. The Balaban J connectivity index is 2.30. The fourth-order valence-corrected chi connectivity index (χ4v) is 3.25. The van der Waals surface area contributed by atoms with Crippen LogP contribution in [0.4, 0.5) is 0 Å². The number of ether oxygens (including phenoxy) is 1. The summed E-state index contributed by atoms with van der Waals surface area (Å²) < 4.78 is 4.72. The third-order valence-electron chi connectivity index (χ3n) is 2.69. The summed E-state index contributed by atoms with van der Waals surface area (Å²) in [6, 6.07) is 2.34. The lowest BCUT2D eigenvalue weighted by atomic mass is 10.0. The van der Waals surface area contributed by atoms with E-state index in [2.05, 4.69) is 19.2 Å². The topological polar surface area (TPSA) is 38.3 Å². The van der Waals surface area contributed by atoms with E-state index in [0.717, 1.165) is 11.4 Å². The zero-order valence-electron chi connectivity index (χ0n) is 9.16. The molecule has 0 unspecified atom stereocenters. The van der Waals surface area contributed by atoms with Crippen LogP contribution in [0.3, 0.4) is 0 Å². The van der Waals surface area contributed by atoms with Crippen LogP contribution in [0, 0.1) is 5.92 Å². The quantitative estimate of drug-likeness (QED) is 0.785. The maximum atomic E-state index is 11.4. The van der Waals surface area contributed by atoms with Gasteiger partial charge in [0.15, 0.2) is 0 Å². The molecule has 1 aromatic heterocycles. The van der Waals surface area contributed by atoms with Gasteiger partial charge in [-0.1, -0.05) is 13.8 Å². The van der Waals surface area contributed by atoms with Crippen LogP contribution in [0.1, 0.15) is 40.0 Å². The third kappa shape index (κ3) is 1.79. The van der Waals surface area contributed by atoms with Gasteiger partial charge in [0.2, 0.25) is 0 Å². The molecule has 0 spiro atoms. The Kier molecular flexibility index (Phi) is 2.80. The number of rotatable bonds is 2. The number of hydrogen-bond donors (Lipinski definition) is 1. The lowest BCUT2D eigenvalue weighted by Crippen LogP contribution is -2.17. The summed E-state index contributed by atoms with van der Waals surface area (Å²) in [5, 5.41) is 3.44. The summed E-state index contributed by atoms with van der Waals surface area (Å²) >= 11 is 1.55. The van der Waals surface area contributed by atoms with Crippen LogP contribution in [0.25, 0.3) is 0 Å². The van der Waals surface area contributed by atoms with E-state index in [4.69, 9.17) is 4.74 Å². The molecule has 0 aliphatic carbocycles. The van der Waals surface area contributed by atoms with Gasteiger partial charge in [0, 0.05) is 17.5 Å². The zero-order valence-corrected chi connectivity index (χ0v) is 9.98. The summed E-state index contributed by atoms with van der Waals surface area (Å²) in [6.45, 7) is 5.24. The standard InChI is InChI=1S/C11H15NO2S/c1-6(2)9-10-7(5-12-9)4-8(15-10)11(13)14-3/h4,6,9,12H,5H2,1-3H3/t9-/m0/s1. The molecular formula is C11H15NO2S. The number of carbonyl (C=O) groups excluding carboxylic acids is 1. The van der Waals surface area contributed by atoms with Crippen LogP contribution in [0.2, 0.25) is 0 Å². The predicted molar refractivity (Wildman–Crippen MR) is 60.1 cm³/mol. The number of carbonyl (C=O) groups is 1. The second kappa shape index (κ2) is 3.94. The van der Waals surface area contributed by atoms with Crippen molar-refractivity contribution in [2.75, 3.05) is 7.11 Å². The van der Waals surface area contributed by atoms with Gasteiger partial charge in [-0.05, 0) is 17.5 Å². The Morgan fingerprint density at radius 2 is 2.40 bits per heavy atom. The molecule has 15 heavy (non-hydrogen) atoms. The van der Waals surface area contributed by atoms with Gasteiger partial charge in [0.05, 0.1) is 7.11 Å². The lowest BCUT2D eigenvalue weighted by Gasteiger charge is -2.14. The molecule has 2 rings (SSSR count). The average Bonchev–Trinajstić information content (AvgIpc) is 2.73. The highest BCUT2D eigenvalue weighted by Gasteiger charge is 2.28. The van der Waals surface area contributed by atoms with Crippen LogP contribution < -0.4 is 5.32 Å². The highest BCUT2D eigenvalue weighted by molar-refractivity contribution is 7.14. The van der Waals surface area contributed by atoms with E-state index in [1.54, 1.807) is 11.3 Å². The second-order valence-electron chi connectivity index (χ2n) is 4.09. The second-order valence-corrected chi connectivity index (χ2v) is 5.18. The molecule has 4 heteroatoms. The molecule has 1 aromatic rings. The van der Waals surface area contributed by atoms with Crippen molar-refractivity contribution in [3.8, 4) is 0 Å². The molecule has 0 saturated heterocycles. The van der Waals surface area contributed by atoms with Gasteiger partial charge in [0.1, 0.15) is 4.88 Å². The minimum Gasteiger partial charge on any atom is -0.465 e. The van der Waals surface area contributed by atoms with Crippen LogP contribution in [-0.2, 0) is 11.3 Å². The van der Waals surface area contributed by atoms with Crippen LogP contribution in [0.5, 0.6) is 0 Å². The van der Waals surface area contributed by atoms with E-state index in [9.17, 15) is 4.79 Å². The van der Waals surface area contributed by atoms with Crippen molar-refractivity contribution in [1.82, 2.24) is 5.32 Å². The molecule has 0 fully saturated rings. The monoisotopic (exact) mass is 225 g/mol. The van der Waals surface area contributed by atoms with Crippen molar-refractivity contribution in [3.63, 3.8) is 0 Å². The van der Waals surface area contributed by atoms with E-state index in [-0.39, 0.29) is 5.97 Å². The van der Waals surface area contributed by atoms with Gasteiger partial charge in [-0.3, -0.25) is 0 Å².